The maximum atomic E-state index is 17.1. The van der Waals surface area contributed by atoms with E-state index in [2.05, 4.69) is 9.88 Å². The third-order valence-electron chi connectivity index (χ3n) is 12.4. The summed E-state index contributed by atoms with van der Waals surface area (Å²) < 4.78 is 56.3. The van der Waals surface area contributed by atoms with Crippen molar-refractivity contribution < 1.29 is 37.9 Å². The lowest BCUT2D eigenvalue weighted by molar-refractivity contribution is -0.184. The van der Waals surface area contributed by atoms with Crippen molar-refractivity contribution in [2.75, 3.05) is 64.2 Å². The smallest absolute Gasteiger partial charge is 0.319 e. The maximum Gasteiger partial charge on any atom is 0.319 e. The highest BCUT2D eigenvalue weighted by molar-refractivity contribution is 6.01. The highest BCUT2D eigenvalue weighted by Crippen LogP contribution is 2.50. The molecule has 4 aromatic rings. The molecule has 6 heterocycles. The molecule has 2 N–H and O–H groups in total. The summed E-state index contributed by atoms with van der Waals surface area (Å²) in [5, 5.41) is 23.2. The predicted molar refractivity (Wildman–Crippen MR) is 194 cm³/mol. The Bertz CT molecular complexity index is 2060. The summed E-state index contributed by atoms with van der Waals surface area (Å²) in [7, 11) is 0. The van der Waals surface area contributed by atoms with Crippen molar-refractivity contribution in [2.24, 2.45) is 5.41 Å². The third-order valence-corrected chi connectivity index (χ3v) is 12.4. The van der Waals surface area contributed by atoms with E-state index in [0.29, 0.717) is 85.6 Å². The molecular formula is C40H47F2N5O6. The number of phenolic OH excluding ortho intramolecular Hbond substituents is 1. The monoisotopic (exact) mass is 731 g/mol. The summed E-state index contributed by atoms with van der Waals surface area (Å²) in [4.78, 5) is 18.7. The summed E-state index contributed by atoms with van der Waals surface area (Å²) in [5.74, 6) is -0.847. The Balaban J connectivity index is 1.11. The second kappa shape index (κ2) is 13.2. The van der Waals surface area contributed by atoms with Gasteiger partial charge in [-0.3, -0.25) is 9.88 Å². The van der Waals surface area contributed by atoms with Crippen LogP contribution in [-0.4, -0.2) is 113 Å². The van der Waals surface area contributed by atoms with Gasteiger partial charge in [0.25, 0.3) is 0 Å². The first kappa shape index (κ1) is 35.0. The van der Waals surface area contributed by atoms with E-state index in [1.807, 2.05) is 11.8 Å². The summed E-state index contributed by atoms with van der Waals surface area (Å²) >= 11 is 0. The van der Waals surface area contributed by atoms with E-state index >= 15 is 8.78 Å². The minimum atomic E-state index is -1.18. The fraction of sp³-hybridized carbons (Fsp3) is 0.575. The Labute approximate surface area is 307 Å². The number of pyridine rings is 1. The maximum absolute atomic E-state index is 17.1. The van der Waals surface area contributed by atoms with Gasteiger partial charge in [0, 0.05) is 35.8 Å². The van der Waals surface area contributed by atoms with E-state index in [-0.39, 0.29) is 52.7 Å². The molecule has 4 aliphatic heterocycles. The van der Waals surface area contributed by atoms with Crippen LogP contribution in [0.3, 0.4) is 0 Å². The lowest BCUT2D eigenvalue weighted by Crippen LogP contribution is -2.56. The van der Waals surface area contributed by atoms with E-state index in [4.69, 9.17) is 28.9 Å². The number of hydrogen-bond donors (Lipinski definition) is 2. The van der Waals surface area contributed by atoms with Crippen molar-refractivity contribution in [3.05, 3.63) is 47.7 Å². The number of hydrogen-bond acceptors (Lipinski definition) is 11. The van der Waals surface area contributed by atoms with Gasteiger partial charge in [0.05, 0.1) is 51.6 Å². The molecule has 2 aromatic carbocycles. The zero-order valence-corrected chi connectivity index (χ0v) is 30.4. The molecule has 0 bridgehead atoms. The normalized spacial score (nSPS) is 28.7. The van der Waals surface area contributed by atoms with Crippen molar-refractivity contribution in [3.8, 4) is 23.0 Å². The van der Waals surface area contributed by atoms with Gasteiger partial charge in [-0.25, -0.2) is 8.78 Å². The topological polar surface area (TPSA) is 123 Å². The number of aliphatic hydroxyl groups is 1. The Morgan fingerprint density at radius 3 is 2.70 bits per heavy atom. The molecule has 0 amide bonds. The van der Waals surface area contributed by atoms with Gasteiger partial charge in [0.2, 0.25) is 0 Å². The number of ether oxygens (including phenoxy) is 4. The fourth-order valence-corrected chi connectivity index (χ4v) is 9.88. The molecule has 13 heteroatoms. The van der Waals surface area contributed by atoms with Crippen LogP contribution >= 0.6 is 0 Å². The van der Waals surface area contributed by atoms with Gasteiger partial charge in [0.1, 0.15) is 39.8 Å². The van der Waals surface area contributed by atoms with Gasteiger partial charge >= 0.3 is 6.01 Å². The average molecular weight is 732 g/mol. The van der Waals surface area contributed by atoms with Crippen LogP contribution in [0.15, 0.2) is 30.5 Å². The molecule has 1 unspecified atom stereocenters. The molecule has 4 saturated heterocycles. The standard InChI is InChI=1S/C40H47F2N5O6/c1-3-27-30(41)8-7-24-14-26(48)15-28(32(24)27)34-33(42)35-29(17-43-34)36(46-12-13-50-20-38(2,49)19-46)45-37(44-35)52-21-39-9-4-6-31(39)47(11-5-10-39)25-16-40(53-18-25)22-51-23-40/h7-8,14-15,17,25,31,48-49H,3-6,9-13,16,18-23H2,1-2H3/t25?,31-,38+,39-/m1/s1. The second-order valence-electron chi connectivity index (χ2n) is 16.2. The minimum Gasteiger partial charge on any atom is -0.508 e. The summed E-state index contributed by atoms with van der Waals surface area (Å²) in [5.41, 5.74) is -0.814. The SMILES string of the molecule is CCc1c(F)ccc2cc(O)cc(-c3ncc4c(N5CCOC[C@@](C)(O)C5)nc(OC[C@]56CCC[C@H]5N(C5COC7(COC7)C5)CCC6)nc4c3F)c12. The van der Waals surface area contributed by atoms with Gasteiger partial charge in [-0.1, -0.05) is 19.4 Å². The van der Waals surface area contributed by atoms with Gasteiger partial charge in [-0.2, -0.15) is 9.97 Å². The molecule has 53 heavy (non-hydrogen) atoms. The highest BCUT2D eigenvalue weighted by Gasteiger charge is 2.54. The largest absolute Gasteiger partial charge is 0.508 e. The number of fused-ring (bicyclic) bond motifs is 3. The van der Waals surface area contributed by atoms with Gasteiger partial charge in [-0.15, -0.1) is 0 Å². The molecule has 1 saturated carbocycles. The van der Waals surface area contributed by atoms with Crippen LogP contribution in [0.1, 0.15) is 57.9 Å². The number of anilines is 1. The number of phenols is 1. The van der Waals surface area contributed by atoms with Crippen LogP contribution < -0.4 is 9.64 Å². The molecule has 0 radical (unpaired) electrons. The number of benzene rings is 2. The van der Waals surface area contributed by atoms with E-state index < -0.39 is 17.2 Å². The Hall–Kier alpha value is -3.75. The Morgan fingerprint density at radius 2 is 1.91 bits per heavy atom. The van der Waals surface area contributed by atoms with Gasteiger partial charge in [-0.05, 0) is 86.5 Å². The minimum absolute atomic E-state index is 0.00684. The predicted octanol–water partition coefficient (Wildman–Crippen LogP) is 5.55. The summed E-state index contributed by atoms with van der Waals surface area (Å²) in [6, 6.07) is 6.62. The molecular weight excluding hydrogens is 684 g/mol. The molecule has 5 aliphatic rings. The van der Waals surface area contributed by atoms with Gasteiger partial charge < -0.3 is 34.1 Å². The van der Waals surface area contributed by atoms with Crippen LogP contribution in [0, 0.1) is 17.0 Å². The number of piperidine rings is 1. The molecule has 11 nitrogen and oxygen atoms in total. The van der Waals surface area contributed by atoms with Crippen LogP contribution in [0.4, 0.5) is 14.6 Å². The van der Waals surface area contributed by atoms with Crippen molar-refractivity contribution in [2.45, 2.75) is 82.1 Å². The molecule has 282 valence electrons. The van der Waals surface area contributed by atoms with Crippen molar-refractivity contribution in [3.63, 3.8) is 0 Å². The number of halogens is 2. The zero-order chi connectivity index (χ0) is 36.5. The number of β-amino-alcohol motifs (C(OH)–C–C–N with tert-alkyl or cyclic N) is 1. The van der Waals surface area contributed by atoms with Crippen LogP contribution in [0.5, 0.6) is 11.8 Å². The van der Waals surface area contributed by atoms with E-state index in [0.717, 1.165) is 45.1 Å². The average Bonchev–Trinajstić information content (AvgIpc) is 3.74. The van der Waals surface area contributed by atoms with E-state index in [1.165, 1.54) is 24.4 Å². The zero-order valence-electron chi connectivity index (χ0n) is 30.4. The quantitative estimate of drug-likeness (QED) is 0.249. The summed E-state index contributed by atoms with van der Waals surface area (Å²) in [6.45, 7) is 8.08. The van der Waals surface area contributed by atoms with Crippen molar-refractivity contribution in [1.29, 1.82) is 0 Å². The van der Waals surface area contributed by atoms with Gasteiger partial charge in [0.15, 0.2) is 5.82 Å². The molecule has 2 aromatic heterocycles. The second-order valence-corrected chi connectivity index (χ2v) is 16.2. The molecule has 1 aliphatic carbocycles. The molecule has 1 spiro atoms. The van der Waals surface area contributed by atoms with Crippen molar-refractivity contribution >= 4 is 27.5 Å². The lowest BCUT2D eigenvalue weighted by atomic mass is 9.74. The van der Waals surface area contributed by atoms with E-state index in [1.54, 1.807) is 13.0 Å². The number of likely N-dealkylation sites (tertiary alicyclic amines) is 1. The fourth-order valence-electron chi connectivity index (χ4n) is 9.88. The third kappa shape index (κ3) is 6.08. The lowest BCUT2D eigenvalue weighted by Gasteiger charge is -2.48. The first-order valence-electron chi connectivity index (χ1n) is 19.0. The molecule has 4 atom stereocenters. The number of rotatable bonds is 7. The van der Waals surface area contributed by atoms with Crippen molar-refractivity contribution in [1.82, 2.24) is 19.9 Å². The number of nitrogens with zero attached hydrogens (tertiary/aromatic N) is 5. The molecule has 5 fully saturated rings. The Morgan fingerprint density at radius 1 is 1.06 bits per heavy atom. The number of aryl methyl sites for hydroxylation is 1. The molecule has 9 rings (SSSR count). The first-order chi connectivity index (χ1) is 25.6. The van der Waals surface area contributed by atoms with Crippen LogP contribution in [0.2, 0.25) is 0 Å². The van der Waals surface area contributed by atoms with Crippen LogP contribution in [0.25, 0.3) is 32.9 Å². The van der Waals surface area contributed by atoms with E-state index in [9.17, 15) is 10.2 Å². The van der Waals surface area contributed by atoms with Crippen LogP contribution in [-0.2, 0) is 20.6 Å². The summed E-state index contributed by atoms with van der Waals surface area (Å²) in [6.07, 6.45) is 8.13. The Kier molecular flexibility index (Phi) is 8.73. The highest BCUT2D eigenvalue weighted by atomic mass is 19.1. The number of aromatic nitrogens is 3. The first-order valence-corrected chi connectivity index (χ1v) is 19.0. The number of aromatic hydroxyl groups is 1.